The number of benzene rings is 1. The van der Waals surface area contributed by atoms with Crippen molar-refractivity contribution in [2.75, 3.05) is 13.1 Å². The van der Waals surface area contributed by atoms with E-state index in [-0.39, 0.29) is 23.9 Å². The van der Waals surface area contributed by atoms with Crippen LogP contribution in [0.25, 0.3) is 0 Å². The minimum Gasteiger partial charge on any atom is -0.338 e. The maximum atomic E-state index is 6.19. The molecule has 1 saturated heterocycles. The normalized spacial score (nSPS) is 20.6. The Labute approximate surface area is 150 Å². The molecule has 0 radical (unpaired) electrons. The van der Waals surface area contributed by atoms with Gasteiger partial charge in [0.05, 0.1) is 6.54 Å². The predicted octanol–water partition coefficient (Wildman–Crippen LogP) is 2.95. The van der Waals surface area contributed by atoms with Crippen LogP contribution in [0, 0.1) is 12.3 Å². The number of hydrogen-bond donors (Lipinski definition) is 1. The lowest BCUT2D eigenvalue weighted by atomic mass is 9.80. The first-order chi connectivity index (χ1) is 10.9. The number of nitrogens with two attached hydrogens (primary N) is 1. The summed E-state index contributed by atoms with van der Waals surface area (Å²) in [7, 11) is 0. The van der Waals surface area contributed by atoms with E-state index in [0.29, 0.717) is 18.9 Å². The Morgan fingerprint density at radius 1 is 1.33 bits per heavy atom. The lowest BCUT2D eigenvalue weighted by Gasteiger charge is -2.42. The Bertz CT molecular complexity index is 671. The lowest BCUT2D eigenvalue weighted by molar-refractivity contribution is 0.0811. The summed E-state index contributed by atoms with van der Waals surface area (Å²) < 4.78 is 5.44. The molecule has 0 aliphatic carbocycles. The van der Waals surface area contributed by atoms with E-state index in [2.05, 4.69) is 47.9 Å². The average Bonchev–Trinajstić information content (AvgIpc) is 2.92. The Hall–Kier alpha value is -1.43. The van der Waals surface area contributed by atoms with Gasteiger partial charge in [0.15, 0.2) is 5.82 Å². The molecule has 0 amide bonds. The van der Waals surface area contributed by atoms with E-state index in [1.165, 1.54) is 11.1 Å². The zero-order chi connectivity index (χ0) is 16.4. The number of halogens is 1. The van der Waals surface area contributed by atoms with Gasteiger partial charge in [0.25, 0.3) is 0 Å². The molecule has 2 N–H and O–H groups in total. The molecule has 1 fully saturated rings. The fourth-order valence-electron chi connectivity index (χ4n) is 3.22. The second-order valence-electron chi connectivity index (χ2n) is 7.30. The van der Waals surface area contributed by atoms with Gasteiger partial charge in [-0.15, -0.1) is 12.4 Å². The third-order valence-corrected chi connectivity index (χ3v) is 4.87. The minimum absolute atomic E-state index is 0. The molecule has 6 heteroatoms. The van der Waals surface area contributed by atoms with E-state index in [1.54, 1.807) is 0 Å². The van der Waals surface area contributed by atoms with Crippen molar-refractivity contribution >= 4 is 12.4 Å². The van der Waals surface area contributed by atoms with Crippen LogP contribution < -0.4 is 5.73 Å². The number of piperidine rings is 1. The summed E-state index contributed by atoms with van der Waals surface area (Å²) >= 11 is 0. The molecule has 1 aliphatic heterocycles. The van der Waals surface area contributed by atoms with Crippen LogP contribution >= 0.6 is 12.4 Å². The maximum Gasteiger partial charge on any atom is 0.240 e. The van der Waals surface area contributed by atoms with Gasteiger partial charge in [0.2, 0.25) is 5.89 Å². The summed E-state index contributed by atoms with van der Waals surface area (Å²) in [6.45, 7) is 9.21. The Kier molecular flexibility index (Phi) is 6.01. The standard InChI is InChI=1S/C18H26N4O.ClH/c1-13-6-4-5-7-14(13)10-16-20-17(23-21-16)11-22-9-8-15(19)18(2,3)12-22;/h4-7,15H,8-12,19H2,1-3H3;1H. The monoisotopic (exact) mass is 350 g/mol. The summed E-state index contributed by atoms with van der Waals surface area (Å²) in [5, 5.41) is 4.13. The molecule has 1 aliphatic rings. The van der Waals surface area contributed by atoms with Gasteiger partial charge >= 0.3 is 0 Å². The van der Waals surface area contributed by atoms with Crippen LogP contribution in [-0.4, -0.2) is 34.2 Å². The van der Waals surface area contributed by atoms with Crippen molar-refractivity contribution in [3.8, 4) is 0 Å². The third-order valence-electron chi connectivity index (χ3n) is 4.87. The molecule has 2 aromatic rings. The van der Waals surface area contributed by atoms with Gasteiger partial charge in [-0.05, 0) is 29.9 Å². The van der Waals surface area contributed by atoms with Crippen LogP contribution in [-0.2, 0) is 13.0 Å². The quantitative estimate of drug-likeness (QED) is 0.918. The summed E-state index contributed by atoms with van der Waals surface area (Å²) in [5.41, 5.74) is 8.82. The molecule has 1 aromatic carbocycles. The molecule has 24 heavy (non-hydrogen) atoms. The van der Waals surface area contributed by atoms with Crippen LogP contribution in [0.4, 0.5) is 0 Å². The number of aromatic nitrogens is 2. The van der Waals surface area contributed by atoms with Crippen LogP contribution in [0.3, 0.4) is 0 Å². The highest BCUT2D eigenvalue weighted by Crippen LogP contribution is 2.28. The number of aryl methyl sites for hydroxylation is 1. The topological polar surface area (TPSA) is 68.2 Å². The van der Waals surface area contributed by atoms with Crippen molar-refractivity contribution in [1.29, 1.82) is 0 Å². The van der Waals surface area contributed by atoms with Crippen LogP contribution in [0.5, 0.6) is 0 Å². The van der Waals surface area contributed by atoms with Crippen molar-refractivity contribution in [3.05, 3.63) is 47.1 Å². The third kappa shape index (κ3) is 4.35. The van der Waals surface area contributed by atoms with Gasteiger partial charge in [-0.2, -0.15) is 4.98 Å². The number of rotatable bonds is 4. The van der Waals surface area contributed by atoms with Gasteiger partial charge in [-0.3, -0.25) is 4.90 Å². The molecule has 0 saturated carbocycles. The molecule has 0 bridgehead atoms. The second kappa shape index (κ2) is 7.64. The molecule has 2 heterocycles. The first-order valence-electron chi connectivity index (χ1n) is 8.28. The highest BCUT2D eigenvalue weighted by atomic mass is 35.5. The lowest BCUT2D eigenvalue weighted by Crippen LogP contribution is -2.52. The maximum absolute atomic E-state index is 6.19. The highest BCUT2D eigenvalue weighted by Gasteiger charge is 2.33. The van der Waals surface area contributed by atoms with Crippen molar-refractivity contribution in [3.63, 3.8) is 0 Å². The summed E-state index contributed by atoms with van der Waals surface area (Å²) in [4.78, 5) is 6.91. The van der Waals surface area contributed by atoms with Crippen molar-refractivity contribution < 1.29 is 4.52 Å². The molecular weight excluding hydrogens is 324 g/mol. The highest BCUT2D eigenvalue weighted by molar-refractivity contribution is 5.85. The van der Waals surface area contributed by atoms with Gasteiger partial charge in [0, 0.05) is 25.6 Å². The van der Waals surface area contributed by atoms with E-state index < -0.39 is 0 Å². The van der Waals surface area contributed by atoms with Crippen molar-refractivity contribution in [2.45, 2.75) is 46.2 Å². The average molecular weight is 351 g/mol. The Morgan fingerprint density at radius 3 is 2.79 bits per heavy atom. The van der Waals surface area contributed by atoms with Crippen LogP contribution in [0.15, 0.2) is 28.8 Å². The van der Waals surface area contributed by atoms with E-state index >= 15 is 0 Å². The largest absolute Gasteiger partial charge is 0.338 e. The van der Waals surface area contributed by atoms with E-state index in [9.17, 15) is 0 Å². The molecule has 3 rings (SSSR count). The zero-order valence-corrected chi connectivity index (χ0v) is 15.5. The zero-order valence-electron chi connectivity index (χ0n) is 14.7. The van der Waals surface area contributed by atoms with Gasteiger partial charge in [0.1, 0.15) is 0 Å². The number of likely N-dealkylation sites (tertiary alicyclic amines) is 1. The SMILES string of the molecule is Cc1ccccc1Cc1noc(CN2CCC(N)C(C)(C)C2)n1.Cl. The fraction of sp³-hybridized carbons (Fsp3) is 0.556. The fourth-order valence-corrected chi connectivity index (χ4v) is 3.22. The first kappa shape index (κ1) is 18.9. The van der Waals surface area contributed by atoms with Gasteiger partial charge in [-0.1, -0.05) is 43.3 Å². The minimum atomic E-state index is 0. The summed E-state index contributed by atoms with van der Waals surface area (Å²) in [5.74, 6) is 1.45. The first-order valence-corrected chi connectivity index (χ1v) is 8.28. The van der Waals surface area contributed by atoms with Crippen molar-refractivity contribution in [1.82, 2.24) is 15.0 Å². The van der Waals surface area contributed by atoms with Gasteiger partial charge < -0.3 is 10.3 Å². The Balaban J connectivity index is 0.00000208. The number of nitrogens with zero attached hydrogens (tertiary/aromatic N) is 3. The van der Waals surface area contributed by atoms with E-state index in [4.69, 9.17) is 10.3 Å². The van der Waals surface area contributed by atoms with Crippen molar-refractivity contribution in [2.24, 2.45) is 11.1 Å². The molecule has 1 aromatic heterocycles. The van der Waals surface area contributed by atoms with Crippen LogP contribution in [0.2, 0.25) is 0 Å². The Morgan fingerprint density at radius 2 is 2.08 bits per heavy atom. The van der Waals surface area contributed by atoms with Crippen LogP contribution in [0.1, 0.15) is 43.1 Å². The molecular formula is C18H27ClN4O. The summed E-state index contributed by atoms with van der Waals surface area (Å²) in [6.07, 6.45) is 1.73. The molecule has 1 unspecified atom stereocenters. The molecule has 132 valence electrons. The van der Waals surface area contributed by atoms with E-state index in [0.717, 1.165) is 25.3 Å². The predicted molar refractivity (Wildman–Crippen MR) is 97.2 cm³/mol. The number of hydrogen-bond acceptors (Lipinski definition) is 5. The van der Waals surface area contributed by atoms with Gasteiger partial charge in [-0.25, -0.2) is 0 Å². The molecule has 1 atom stereocenters. The summed E-state index contributed by atoms with van der Waals surface area (Å²) in [6, 6.07) is 8.57. The van der Waals surface area contributed by atoms with E-state index in [1.807, 2.05) is 12.1 Å². The smallest absolute Gasteiger partial charge is 0.240 e. The molecule has 0 spiro atoms. The molecule has 5 nitrogen and oxygen atoms in total. The second-order valence-corrected chi connectivity index (χ2v) is 7.30.